The highest BCUT2D eigenvalue weighted by molar-refractivity contribution is 7.89. The lowest BCUT2D eigenvalue weighted by molar-refractivity contribution is -0.385. The van der Waals surface area contributed by atoms with Gasteiger partial charge in [-0.1, -0.05) is 30.3 Å². The number of morpholine rings is 1. The Morgan fingerprint density at radius 2 is 1.88 bits per heavy atom. The molecule has 1 atom stereocenters. The van der Waals surface area contributed by atoms with Gasteiger partial charge in [-0.05, 0) is 11.6 Å². The van der Waals surface area contributed by atoms with Gasteiger partial charge in [0.15, 0.2) is 0 Å². The Labute approximate surface area is 185 Å². The minimum absolute atomic E-state index is 0.149. The third-order valence-electron chi connectivity index (χ3n) is 5.31. The van der Waals surface area contributed by atoms with Gasteiger partial charge in [0.25, 0.3) is 5.69 Å². The van der Waals surface area contributed by atoms with Gasteiger partial charge in [-0.3, -0.25) is 10.1 Å². The van der Waals surface area contributed by atoms with Gasteiger partial charge < -0.3 is 14.6 Å². The number of aryl methyl sites for hydroxylation is 1. The van der Waals surface area contributed by atoms with Crippen LogP contribution in [0.2, 0.25) is 0 Å². The Balaban J connectivity index is 1.81. The molecule has 1 N–H and O–H groups in total. The second kappa shape index (κ2) is 9.07. The predicted molar refractivity (Wildman–Crippen MR) is 118 cm³/mol. The number of hydrogen-bond donors (Lipinski definition) is 1. The molecule has 0 bridgehead atoms. The minimum atomic E-state index is -4.00. The first-order chi connectivity index (χ1) is 15.4. The number of hydrogen-bond acceptors (Lipinski definition) is 7. The van der Waals surface area contributed by atoms with E-state index in [-0.39, 0.29) is 42.6 Å². The topological polar surface area (TPSA) is 120 Å². The molecule has 168 valence electrons. The third kappa shape index (κ3) is 4.35. The number of rotatable bonds is 7. The van der Waals surface area contributed by atoms with Gasteiger partial charge in [-0.25, -0.2) is 13.4 Å². The van der Waals surface area contributed by atoms with Crippen LogP contribution in [0.3, 0.4) is 0 Å². The molecule has 2 aromatic carbocycles. The van der Waals surface area contributed by atoms with Gasteiger partial charge >= 0.3 is 0 Å². The quantitative estimate of drug-likeness (QED) is 0.428. The van der Waals surface area contributed by atoms with Crippen molar-refractivity contribution in [3.8, 4) is 0 Å². The zero-order valence-corrected chi connectivity index (χ0v) is 18.2. The highest BCUT2D eigenvalue weighted by atomic mass is 32.2. The van der Waals surface area contributed by atoms with Gasteiger partial charge in [-0.15, -0.1) is 0 Å². The molecule has 4 rings (SSSR count). The van der Waals surface area contributed by atoms with Crippen molar-refractivity contribution in [2.45, 2.75) is 10.9 Å². The molecular weight excluding hydrogens is 434 g/mol. The van der Waals surface area contributed by atoms with E-state index in [9.17, 15) is 18.5 Å². The van der Waals surface area contributed by atoms with Gasteiger partial charge in [0.1, 0.15) is 16.8 Å². The molecule has 2 heterocycles. The number of aromatic nitrogens is 2. The minimum Gasteiger partial charge on any atom is -0.379 e. The first-order valence-corrected chi connectivity index (χ1v) is 11.5. The number of nitro groups is 1. The van der Waals surface area contributed by atoms with Crippen molar-refractivity contribution >= 4 is 21.4 Å². The summed E-state index contributed by atoms with van der Waals surface area (Å²) in [5, 5.41) is 14.7. The van der Waals surface area contributed by atoms with E-state index in [2.05, 4.69) is 10.3 Å². The molecule has 32 heavy (non-hydrogen) atoms. The maximum Gasteiger partial charge on any atom is 0.270 e. The summed E-state index contributed by atoms with van der Waals surface area (Å²) in [6.07, 6.45) is 3.46. The van der Waals surface area contributed by atoms with E-state index in [4.69, 9.17) is 4.74 Å². The van der Waals surface area contributed by atoms with Crippen LogP contribution in [-0.4, -0.2) is 53.5 Å². The highest BCUT2D eigenvalue weighted by Crippen LogP contribution is 2.33. The number of ether oxygens (including phenoxy) is 1. The molecule has 10 nitrogen and oxygen atoms in total. The lowest BCUT2D eigenvalue weighted by atomic mass is 10.1. The van der Waals surface area contributed by atoms with Crippen molar-refractivity contribution in [1.29, 1.82) is 0 Å². The van der Waals surface area contributed by atoms with Gasteiger partial charge in [0.2, 0.25) is 10.0 Å². The SMILES string of the molecule is Cn1ccnc1[C@H](Nc1ccc([N+](=O)[O-])cc1S(=O)(=O)N1CCOCC1)c1ccccc1. The first-order valence-electron chi connectivity index (χ1n) is 10.0. The van der Waals surface area contributed by atoms with E-state index < -0.39 is 21.0 Å². The number of anilines is 1. The van der Waals surface area contributed by atoms with E-state index in [1.165, 1.54) is 16.4 Å². The van der Waals surface area contributed by atoms with Crippen LogP contribution in [0.5, 0.6) is 0 Å². The molecule has 0 radical (unpaired) electrons. The Morgan fingerprint density at radius 3 is 2.50 bits per heavy atom. The summed E-state index contributed by atoms with van der Waals surface area (Å²) in [6.45, 7) is 0.922. The van der Waals surface area contributed by atoms with Gasteiger partial charge in [0, 0.05) is 44.7 Å². The standard InChI is InChI=1S/C21H23N5O5S/c1-24-10-9-22-21(24)20(16-5-3-2-4-6-16)23-18-8-7-17(26(27)28)15-19(18)32(29,30)25-11-13-31-14-12-25/h2-10,15,20,23H,11-14H2,1H3/t20-/m1/s1. The smallest absolute Gasteiger partial charge is 0.270 e. The largest absolute Gasteiger partial charge is 0.379 e. The zero-order valence-electron chi connectivity index (χ0n) is 17.4. The average Bonchev–Trinajstić information content (AvgIpc) is 3.24. The lowest BCUT2D eigenvalue weighted by Crippen LogP contribution is -2.40. The predicted octanol–water partition coefficient (Wildman–Crippen LogP) is 2.55. The Hall–Kier alpha value is -3.28. The number of nitrogens with one attached hydrogen (secondary N) is 1. The molecule has 3 aromatic rings. The molecule has 1 aliphatic rings. The van der Waals surface area contributed by atoms with Crippen LogP contribution in [-0.2, 0) is 21.8 Å². The second-order valence-electron chi connectivity index (χ2n) is 7.34. The number of nitro benzene ring substituents is 1. The number of nitrogens with zero attached hydrogens (tertiary/aromatic N) is 4. The first kappa shape index (κ1) is 21.9. The van der Waals surface area contributed by atoms with E-state index in [0.717, 1.165) is 11.6 Å². The van der Waals surface area contributed by atoms with Crippen molar-refractivity contribution in [2.24, 2.45) is 7.05 Å². The number of benzene rings is 2. The zero-order chi connectivity index (χ0) is 22.7. The van der Waals surface area contributed by atoms with Gasteiger partial charge in [-0.2, -0.15) is 4.31 Å². The number of sulfonamides is 1. The Morgan fingerprint density at radius 1 is 1.16 bits per heavy atom. The second-order valence-corrected chi connectivity index (χ2v) is 9.24. The fourth-order valence-electron chi connectivity index (χ4n) is 3.64. The molecule has 0 saturated carbocycles. The lowest BCUT2D eigenvalue weighted by Gasteiger charge is -2.28. The molecule has 1 saturated heterocycles. The number of non-ortho nitro benzene ring substituents is 1. The maximum absolute atomic E-state index is 13.4. The average molecular weight is 458 g/mol. The van der Waals surface area contributed by atoms with Crippen LogP contribution in [0, 0.1) is 10.1 Å². The Kier molecular flexibility index (Phi) is 6.21. The summed E-state index contributed by atoms with van der Waals surface area (Å²) in [5.74, 6) is 0.671. The maximum atomic E-state index is 13.4. The Bertz CT molecular complexity index is 1210. The molecule has 0 aliphatic carbocycles. The van der Waals surface area contributed by atoms with Crippen molar-refractivity contribution in [2.75, 3.05) is 31.6 Å². The fraction of sp³-hybridized carbons (Fsp3) is 0.286. The summed E-state index contributed by atoms with van der Waals surface area (Å²) >= 11 is 0. The van der Waals surface area contributed by atoms with Crippen molar-refractivity contribution in [3.63, 3.8) is 0 Å². The van der Waals surface area contributed by atoms with Crippen LogP contribution in [0.1, 0.15) is 17.4 Å². The van der Waals surface area contributed by atoms with Crippen molar-refractivity contribution in [3.05, 3.63) is 82.4 Å². The van der Waals surface area contributed by atoms with Crippen molar-refractivity contribution in [1.82, 2.24) is 13.9 Å². The molecule has 1 fully saturated rings. The van der Waals surface area contributed by atoms with Crippen LogP contribution in [0.4, 0.5) is 11.4 Å². The summed E-state index contributed by atoms with van der Waals surface area (Å²) in [7, 11) is -2.15. The van der Waals surface area contributed by atoms with E-state index in [1.807, 2.05) is 41.9 Å². The summed E-state index contributed by atoms with van der Waals surface area (Å²) in [5.41, 5.74) is 0.837. The number of imidazole rings is 1. The highest BCUT2D eigenvalue weighted by Gasteiger charge is 2.31. The monoisotopic (exact) mass is 457 g/mol. The normalized spacial score (nSPS) is 15.9. The van der Waals surface area contributed by atoms with E-state index in [0.29, 0.717) is 5.82 Å². The van der Waals surface area contributed by atoms with E-state index >= 15 is 0 Å². The summed E-state index contributed by atoms with van der Waals surface area (Å²) in [4.78, 5) is 15.1. The van der Waals surface area contributed by atoms with Crippen LogP contribution in [0.25, 0.3) is 0 Å². The third-order valence-corrected chi connectivity index (χ3v) is 7.25. The molecule has 0 amide bonds. The summed E-state index contributed by atoms with van der Waals surface area (Å²) in [6, 6.07) is 12.8. The van der Waals surface area contributed by atoms with Crippen LogP contribution < -0.4 is 5.32 Å². The fourth-order valence-corrected chi connectivity index (χ4v) is 5.22. The van der Waals surface area contributed by atoms with Crippen LogP contribution >= 0.6 is 0 Å². The molecule has 1 aromatic heterocycles. The molecule has 0 unspecified atom stereocenters. The molecular formula is C21H23N5O5S. The van der Waals surface area contributed by atoms with E-state index in [1.54, 1.807) is 12.4 Å². The van der Waals surface area contributed by atoms with Crippen LogP contribution in [0.15, 0.2) is 65.8 Å². The summed E-state index contributed by atoms with van der Waals surface area (Å²) < 4.78 is 35.3. The molecule has 11 heteroatoms. The van der Waals surface area contributed by atoms with Gasteiger partial charge in [0.05, 0.1) is 23.8 Å². The molecule has 0 spiro atoms. The van der Waals surface area contributed by atoms with Crippen molar-refractivity contribution < 1.29 is 18.1 Å². The molecule has 1 aliphatic heterocycles.